The minimum atomic E-state index is -0.453. The molecule has 0 saturated heterocycles. The molecule has 39 heavy (non-hydrogen) atoms. The molecule has 0 amide bonds. The number of fused-ring (bicyclic) bond motifs is 3. The van der Waals surface area contributed by atoms with Crippen LogP contribution in [0.2, 0.25) is 5.02 Å². The van der Waals surface area contributed by atoms with E-state index in [1.165, 1.54) is 0 Å². The van der Waals surface area contributed by atoms with E-state index in [2.05, 4.69) is 0 Å². The van der Waals surface area contributed by atoms with Gasteiger partial charge in [0.1, 0.15) is 17.2 Å². The molecule has 6 nitrogen and oxygen atoms in total. The number of hydrogen-bond acceptors (Lipinski definition) is 6. The summed E-state index contributed by atoms with van der Waals surface area (Å²) >= 11 is 6.36. The zero-order valence-corrected chi connectivity index (χ0v) is 22.4. The van der Waals surface area contributed by atoms with E-state index in [0.29, 0.717) is 29.4 Å². The highest BCUT2D eigenvalue weighted by molar-refractivity contribution is 6.30. The number of hydrazone groups is 1. The lowest BCUT2D eigenvalue weighted by Gasteiger charge is -2.38. The summed E-state index contributed by atoms with van der Waals surface area (Å²) in [6, 6.07) is 28.4. The van der Waals surface area contributed by atoms with Crippen molar-refractivity contribution in [2.24, 2.45) is 5.10 Å². The van der Waals surface area contributed by atoms with Gasteiger partial charge in [-0.25, -0.2) is 9.80 Å². The van der Waals surface area contributed by atoms with Crippen LogP contribution in [0.4, 0.5) is 0 Å². The molecule has 4 aromatic carbocycles. The van der Waals surface area contributed by atoms with Crippen molar-refractivity contribution >= 4 is 23.3 Å². The number of aryl methyl sites for hydroxylation is 1. The van der Waals surface area contributed by atoms with E-state index < -0.39 is 12.2 Å². The number of nitrogens with zero attached hydrogens (tertiary/aromatic N) is 2. The van der Waals surface area contributed by atoms with E-state index in [-0.39, 0.29) is 6.04 Å². The quantitative estimate of drug-likeness (QED) is 0.188. The molecule has 2 aliphatic heterocycles. The number of carbonyl (C=O) groups excluding carboxylic acids is 1. The van der Waals surface area contributed by atoms with Crippen LogP contribution in [0.5, 0.6) is 17.2 Å². The summed E-state index contributed by atoms with van der Waals surface area (Å²) < 4.78 is 17.7. The highest BCUT2D eigenvalue weighted by Gasteiger charge is 2.41. The Labute approximate surface area is 232 Å². The van der Waals surface area contributed by atoms with Crippen molar-refractivity contribution in [2.45, 2.75) is 32.5 Å². The predicted octanol–water partition coefficient (Wildman–Crippen LogP) is 7.51. The predicted molar refractivity (Wildman–Crippen MR) is 151 cm³/mol. The second-order valence-electron chi connectivity index (χ2n) is 9.58. The van der Waals surface area contributed by atoms with Gasteiger partial charge < -0.3 is 14.2 Å². The largest absolute Gasteiger partial charge is 0.494 e. The van der Waals surface area contributed by atoms with E-state index in [9.17, 15) is 4.79 Å². The van der Waals surface area contributed by atoms with Gasteiger partial charge in [-0.05, 0) is 98.3 Å². The molecule has 0 radical (unpaired) electrons. The monoisotopic (exact) mass is 538 g/mol. The molecule has 0 aromatic heterocycles. The first kappa shape index (κ1) is 25.0. The van der Waals surface area contributed by atoms with Crippen molar-refractivity contribution in [3.05, 3.63) is 124 Å². The second-order valence-corrected chi connectivity index (χ2v) is 10.0. The Morgan fingerprint density at radius 1 is 0.974 bits per heavy atom. The van der Waals surface area contributed by atoms with E-state index in [4.69, 9.17) is 30.9 Å². The Morgan fingerprint density at radius 2 is 1.69 bits per heavy atom. The van der Waals surface area contributed by atoms with E-state index in [1.807, 2.05) is 85.6 Å². The number of benzene rings is 4. The van der Waals surface area contributed by atoms with Gasteiger partial charge in [-0.1, -0.05) is 29.3 Å². The number of ether oxygens (including phenoxy) is 3. The van der Waals surface area contributed by atoms with Crippen molar-refractivity contribution in [2.75, 3.05) is 6.61 Å². The topological polar surface area (TPSA) is 60.4 Å². The molecule has 0 spiro atoms. The fourth-order valence-electron chi connectivity index (χ4n) is 4.92. The highest BCUT2D eigenvalue weighted by Crippen LogP contribution is 2.48. The molecule has 2 heterocycles. The minimum absolute atomic E-state index is 0.0296. The molecular formula is C32H27ClN2O4. The number of hydrogen-bond donors (Lipinski definition) is 0. The first-order valence-electron chi connectivity index (χ1n) is 12.9. The SMILES string of the molecule is CCOc1ccc(C2=NN3[C@H](C2)c2cc(Cl)ccc2O[C@H]3c2ccc(OC(=O)c3ccc(C)cc3)cc2)cc1. The van der Waals surface area contributed by atoms with Crippen molar-refractivity contribution in [3.63, 3.8) is 0 Å². The molecule has 0 unspecified atom stereocenters. The molecule has 2 atom stereocenters. The second kappa shape index (κ2) is 10.5. The van der Waals surface area contributed by atoms with Crippen LogP contribution in [0.25, 0.3) is 0 Å². The Morgan fingerprint density at radius 3 is 2.41 bits per heavy atom. The molecule has 0 fully saturated rings. The Kier molecular flexibility index (Phi) is 6.71. The van der Waals surface area contributed by atoms with Crippen molar-refractivity contribution in [1.82, 2.24) is 5.01 Å². The number of halogens is 1. The van der Waals surface area contributed by atoms with Crippen LogP contribution in [0.3, 0.4) is 0 Å². The summed E-state index contributed by atoms with van der Waals surface area (Å²) in [7, 11) is 0. The summed E-state index contributed by atoms with van der Waals surface area (Å²) in [6.07, 6.45) is 0.263. The first-order chi connectivity index (χ1) is 19.0. The van der Waals surface area contributed by atoms with Crippen LogP contribution in [-0.2, 0) is 0 Å². The maximum absolute atomic E-state index is 12.6. The van der Waals surface area contributed by atoms with Crippen LogP contribution in [0.15, 0.2) is 96.1 Å². The van der Waals surface area contributed by atoms with Crippen molar-refractivity contribution < 1.29 is 19.0 Å². The van der Waals surface area contributed by atoms with Gasteiger partial charge in [0, 0.05) is 22.6 Å². The third-order valence-corrected chi connectivity index (χ3v) is 7.15. The Hall–Kier alpha value is -4.29. The standard InChI is InChI=1S/C32H27ClN2O4/c1-3-37-25-13-8-21(9-14-25)28-19-29-27-18-24(33)12-17-30(27)39-31(35(29)34-28)22-10-15-26(16-11-22)38-32(36)23-6-4-20(2)5-7-23/h4-18,29,31H,3,19H2,1-2H3/t29-,31+/m1/s1. The average Bonchev–Trinajstić information content (AvgIpc) is 3.40. The highest BCUT2D eigenvalue weighted by atomic mass is 35.5. The van der Waals surface area contributed by atoms with Crippen molar-refractivity contribution in [3.8, 4) is 17.2 Å². The van der Waals surface area contributed by atoms with Crippen LogP contribution in [0.1, 0.15) is 58.2 Å². The smallest absolute Gasteiger partial charge is 0.343 e. The normalized spacial score (nSPS) is 17.5. The summed E-state index contributed by atoms with van der Waals surface area (Å²) in [5.74, 6) is 1.68. The maximum atomic E-state index is 12.6. The summed E-state index contributed by atoms with van der Waals surface area (Å²) in [5, 5.41) is 7.67. The van der Waals surface area contributed by atoms with Crippen molar-refractivity contribution in [1.29, 1.82) is 0 Å². The molecule has 4 aromatic rings. The number of carbonyl (C=O) groups is 1. The van der Waals surface area contributed by atoms with Gasteiger partial charge in [-0.2, -0.15) is 5.10 Å². The lowest BCUT2D eigenvalue weighted by Crippen LogP contribution is -2.33. The Bertz CT molecular complexity index is 1530. The third-order valence-electron chi connectivity index (χ3n) is 6.91. The summed E-state index contributed by atoms with van der Waals surface area (Å²) in [6.45, 7) is 4.57. The third kappa shape index (κ3) is 5.08. The van der Waals surface area contributed by atoms with Gasteiger partial charge in [-0.3, -0.25) is 0 Å². The lowest BCUT2D eigenvalue weighted by molar-refractivity contribution is -0.0190. The molecule has 6 rings (SSSR count). The van der Waals surface area contributed by atoms with Gasteiger partial charge >= 0.3 is 5.97 Å². The lowest BCUT2D eigenvalue weighted by atomic mass is 9.96. The molecule has 2 aliphatic rings. The average molecular weight is 539 g/mol. The van der Waals surface area contributed by atoms with Gasteiger partial charge in [0.2, 0.25) is 6.23 Å². The van der Waals surface area contributed by atoms with Crippen LogP contribution in [0, 0.1) is 6.92 Å². The van der Waals surface area contributed by atoms with E-state index in [1.54, 1.807) is 24.3 Å². The fraction of sp³-hybridized carbons (Fsp3) is 0.188. The summed E-state index contributed by atoms with van der Waals surface area (Å²) in [4.78, 5) is 12.6. The van der Waals surface area contributed by atoms with Crippen LogP contribution < -0.4 is 14.2 Å². The van der Waals surface area contributed by atoms with E-state index in [0.717, 1.165) is 39.5 Å². The minimum Gasteiger partial charge on any atom is -0.494 e. The zero-order valence-electron chi connectivity index (χ0n) is 21.6. The molecule has 0 saturated carbocycles. The molecule has 0 aliphatic carbocycles. The van der Waals surface area contributed by atoms with E-state index >= 15 is 0 Å². The molecule has 0 bridgehead atoms. The zero-order chi connectivity index (χ0) is 26.9. The molecule has 7 heteroatoms. The maximum Gasteiger partial charge on any atom is 0.343 e. The number of rotatable bonds is 6. The Balaban J connectivity index is 1.28. The van der Waals surface area contributed by atoms with Gasteiger partial charge in [0.25, 0.3) is 0 Å². The van der Waals surface area contributed by atoms with Crippen LogP contribution in [-0.4, -0.2) is 23.3 Å². The van der Waals surface area contributed by atoms with Crippen LogP contribution >= 0.6 is 11.6 Å². The molecule has 0 N–H and O–H groups in total. The number of esters is 1. The molecule has 196 valence electrons. The summed E-state index contributed by atoms with van der Waals surface area (Å²) in [5.41, 5.74) is 5.49. The fourth-order valence-corrected chi connectivity index (χ4v) is 5.10. The molecular weight excluding hydrogens is 512 g/mol. The first-order valence-corrected chi connectivity index (χ1v) is 13.3. The van der Waals surface area contributed by atoms with Gasteiger partial charge in [-0.15, -0.1) is 0 Å². The van der Waals surface area contributed by atoms with Gasteiger partial charge in [0.05, 0.1) is 23.9 Å². The van der Waals surface area contributed by atoms with Gasteiger partial charge in [0.15, 0.2) is 0 Å².